The maximum Gasteiger partial charge on any atom is 0.124 e. The van der Waals surface area contributed by atoms with Gasteiger partial charge < -0.3 is 10.2 Å². The van der Waals surface area contributed by atoms with Crippen molar-refractivity contribution in [1.29, 1.82) is 0 Å². The monoisotopic (exact) mass is 542 g/mol. The third kappa shape index (κ3) is 2.90. The highest BCUT2D eigenvalue weighted by molar-refractivity contribution is 9.10. The van der Waals surface area contributed by atoms with E-state index >= 15 is 0 Å². The van der Waals surface area contributed by atoms with Gasteiger partial charge in [-0.15, -0.1) is 0 Å². The van der Waals surface area contributed by atoms with Crippen LogP contribution < -0.4 is 0 Å². The standard InChI is InChI=1S/C28H16Br2O2/c29-17-3-7-19-15(13-17)1-5-23-21(19)9-11-25(31)27(23)28-24-6-2-16-14-18(30)4-8-20(16)22(24)10-12-26(28)32/h1-14,31-32H. The summed E-state index contributed by atoms with van der Waals surface area (Å²) in [6, 6.07) is 27.9. The molecule has 6 aromatic rings. The van der Waals surface area contributed by atoms with Crippen molar-refractivity contribution in [2.24, 2.45) is 0 Å². The summed E-state index contributed by atoms with van der Waals surface area (Å²) in [5.74, 6) is 0.292. The fraction of sp³-hybridized carbons (Fsp3) is 0. The summed E-state index contributed by atoms with van der Waals surface area (Å²) >= 11 is 7.09. The molecule has 0 aromatic heterocycles. The number of fused-ring (bicyclic) bond motifs is 6. The predicted octanol–water partition coefficient (Wildman–Crippen LogP) is 8.90. The Kier molecular flexibility index (Phi) is 4.42. The molecule has 0 spiro atoms. The van der Waals surface area contributed by atoms with Gasteiger partial charge in [-0.05, 0) is 79.5 Å². The molecule has 0 saturated carbocycles. The Labute approximate surface area is 201 Å². The second kappa shape index (κ2) is 7.22. The molecular weight excluding hydrogens is 528 g/mol. The summed E-state index contributed by atoms with van der Waals surface area (Å²) in [6.45, 7) is 0. The van der Waals surface area contributed by atoms with Crippen LogP contribution in [-0.4, -0.2) is 10.2 Å². The molecule has 32 heavy (non-hydrogen) atoms. The first-order valence-corrected chi connectivity index (χ1v) is 11.8. The molecule has 0 amide bonds. The summed E-state index contributed by atoms with van der Waals surface area (Å²) in [6.07, 6.45) is 0. The molecule has 0 aliphatic rings. The fourth-order valence-electron chi connectivity index (χ4n) is 4.74. The van der Waals surface area contributed by atoms with Crippen LogP contribution in [0.2, 0.25) is 0 Å². The molecular formula is C28H16Br2O2. The Morgan fingerprint density at radius 1 is 0.406 bits per heavy atom. The van der Waals surface area contributed by atoms with Crippen LogP contribution in [0.4, 0.5) is 0 Å². The number of hydrogen-bond donors (Lipinski definition) is 2. The Balaban J connectivity index is 1.76. The topological polar surface area (TPSA) is 40.5 Å². The fourth-order valence-corrected chi connectivity index (χ4v) is 5.49. The van der Waals surface area contributed by atoms with Gasteiger partial charge in [0.05, 0.1) is 0 Å². The van der Waals surface area contributed by atoms with Crippen molar-refractivity contribution in [3.05, 3.63) is 93.9 Å². The van der Waals surface area contributed by atoms with E-state index in [9.17, 15) is 10.2 Å². The van der Waals surface area contributed by atoms with Crippen LogP contribution in [0.15, 0.2) is 93.9 Å². The van der Waals surface area contributed by atoms with Gasteiger partial charge in [0, 0.05) is 20.1 Å². The number of benzene rings is 6. The van der Waals surface area contributed by atoms with Gasteiger partial charge in [-0.3, -0.25) is 0 Å². The second-order valence-electron chi connectivity index (χ2n) is 7.97. The average molecular weight is 544 g/mol. The summed E-state index contributed by atoms with van der Waals surface area (Å²) in [4.78, 5) is 0. The normalized spacial score (nSPS) is 11.7. The van der Waals surface area contributed by atoms with Crippen molar-refractivity contribution in [3.8, 4) is 22.6 Å². The number of halogens is 2. The lowest BCUT2D eigenvalue weighted by atomic mass is 9.89. The summed E-state index contributed by atoms with van der Waals surface area (Å²) < 4.78 is 2.04. The zero-order valence-corrected chi connectivity index (χ0v) is 19.9. The van der Waals surface area contributed by atoms with Crippen LogP contribution in [0, 0.1) is 0 Å². The van der Waals surface area contributed by atoms with Crippen molar-refractivity contribution in [2.75, 3.05) is 0 Å². The summed E-state index contributed by atoms with van der Waals surface area (Å²) in [7, 11) is 0. The van der Waals surface area contributed by atoms with Crippen LogP contribution >= 0.6 is 31.9 Å². The van der Waals surface area contributed by atoms with Gasteiger partial charge in [0.1, 0.15) is 11.5 Å². The van der Waals surface area contributed by atoms with E-state index in [4.69, 9.17) is 0 Å². The minimum atomic E-state index is 0.146. The molecule has 0 radical (unpaired) electrons. The third-order valence-corrected chi connectivity index (χ3v) is 7.15. The lowest BCUT2D eigenvalue weighted by Gasteiger charge is -2.16. The van der Waals surface area contributed by atoms with E-state index in [2.05, 4.69) is 68.3 Å². The minimum absolute atomic E-state index is 0.146. The largest absolute Gasteiger partial charge is 0.507 e. The van der Waals surface area contributed by atoms with Gasteiger partial charge in [0.25, 0.3) is 0 Å². The number of rotatable bonds is 1. The molecule has 154 valence electrons. The molecule has 0 bridgehead atoms. The van der Waals surface area contributed by atoms with E-state index in [-0.39, 0.29) is 11.5 Å². The molecule has 0 aliphatic carbocycles. The minimum Gasteiger partial charge on any atom is -0.507 e. The molecule has 0 heterocycles. The van der Waals surface area contributed by atoms with Gasteiger partial charge in [-0.1, -0.05) is 80.4 Å². The Morgan fingerprint density at radius 2 is 0.781 bits per heavy atom. The zero-order valence-electron chi connectivity index (χ0n) is 16.7. The SMILES string of the molecule is Oc1ccc2c(ccc3cc(Br)ccc32)c1-c1c(O)ccc2c1ccc1cc(Br)ccc12. The van der Waals surface area contributed by atoms with Crippen molar-refractivity contribution in [2.45, 2.75) is 0 Å². The smallest absolute Gasteiger partial charge is 0.124 e. The van der Waals surface area contributed by atoms with Gasteiger partial charge >= 0.3 is 0 Å². The van der Waals surface area contributed by atoms with Crippen LogP contribution in [0.5, 0.6) is 11.5 Å². The summed E-state index contributed by atoms with van der Waals surface area (Å²) in [5.41, 5.74) is 1.29. The predicted molar refractivity (Wildman–Crippen MR) is 141 cm³/mol. The molecule has 0 aliphatic heterocycles. The first-order valence-electron chi connectivity index (χ1n) is 10.2. The van der Waals surface area contributed by atoms with Crippen molar-refractivity contribution in [3.63, 3.8) is 0 Å². The van der Waals surface area contributed by atoms with Crippen LogP contribution in [0.3, 0.4) is 0 Å². The number of aromatic hydroxyl groups is 2. The Bertz CT molecular complexity index is 1590. The maximum atomic E-state index is 11.0. The van der Waals surface area contributed by atoms with E-state index in [1.807, 2.05) is 36.4 Å². The van der Waals surface area contributed by atoms with Crippen molar-refractivity contribution in [1.82, 2.24) is 0 Å². The van der Waals surface area contributed by atoms with Gasteiger partial charge in [0.15, 0.2) is 0 Å². The molecule has 4 heteroatoms. The second-order valence-corrected chi connectivity index (χ2v) is 9.80. The van der Waals surface area contributed by atoms with Crippen LogP contribution in [0.25, 0.3) is 54.2 Å². The highest BCUT2D eigenvalue weighted by atomic mass is 79.9. The molecule has 2 N–H and O–H groups in total. The van der Waals surface area contributed by atoms with E-state index in [0.29, 0.717) is 11.1 Å². The van der Waals surface area contributed by atoms with E-state index < -0.39 is 0 Å². The quantitative estimate of drug-likeness (QED) is 0.203. The lowest BCUT2D eigenvalue weighted by molar-refractivity contribution is 0.470. The van der Waals surface area contributed by atoms with Crippen LogP contribution in [0.1, 0.15) is 0 Å². The number of phenolic OH excluding ortho intramolecular Hbond substituents is 2. The molecule has 6 aromatic carbocycles. The van der Waals surface area contributed by atoms with Crippen molar-refractivity contribution >= 4 is 74.9 Å². The maximum absolute atomic E-state index is 11.0. The van der Waals surface area contributed by atoms with Gasteiger partial charge in [-0.2, -0.15) is 0 Å². The van der Waals surface area contributed by atoms with E-state index in [0.717, 1.165) is 52.0 Å². The molecule has 2 nitrogen and oxygen atoms in total. The molecule has 6 rings (SSSR count). The molecule has 0 fully saturated rings. The highest BCUT2D eigenvalue weighted by Crippen LogP contribution is 2.46. The van der Waals surface area contributed by atoms with Gasteiger partial charge in [-0.25, -0.2) is 0 Å². The third-order valence-electron chi connectivity index (χ3n) is 6.16. The molecule has 0 saturated heterocycles. The number of phenols is 2. The first kappa shape index (κ1) is 19.6. The van der Waals surface area contributed by atoms with E-state index in [1.54, 1.807) is 12.1 Å². The molecule has 0 atom stereocenters. The first-order chi connectivity index (χ1) is 15.5. The lowest BCUT2D eigenvalue weighted by Crippen LogP contribution is -1.89. The number of hydrogen-bond acceptors (Lipinski definition) is 2. The molecule has 0 unspecified atom stereocenters. The zero-order chi connectivity index (χ0) is 22.0. The average Bonchev–Trinajstić information content (AvgIpc) is 2.78. The Morgan fingerprint density at radius 3 is 1.22 bits per heavy atom. The summed E-state index contributed by atoms with van der Waals surface area (Å²) in [5, 5.41) is 30.3. The van der Waals surface area contributed by atoms with E-state index in [1.165, 1.54) is 0 Å². The highest BCUT2D eigenvalue weighted by Gasteiger charge is 2.18. The van der Waals surface area contributed by atoms with Crippen LogP contribution in [-0.2, 0) is 0 Å². The van der Waals surface area contributed by atoms with Gasteiger partial charge in [0.2, 0.25) is 0 Å². The van der Waals surface area contributed by atoms with Crippen molar-refractivity contribution < 1.29 is 10.2 Å². The Hall–Kier alpha value is -3.08.